The lowest BCUT2D eigenvalue weighted by molar-refractivity contribution is 1.37. The molecular weight excluding hydrogens is 280 g/mol. The molecule has 0 radical (unpaired) electrons. The van der Waals surface area contributed by atoms with E-state index in [1.54, 1.807) is 0 Å². The van der Waals surface area contributed by atoms with Crippen LogP contribution in [0.3, 0.4) is 0 Å². The van der Waals surface area contributed by atoms with Crippen molar-refractivity contribution in [2.75, 3.05) is 5.32 Å². The van der Waals surface area contributed by atoms with Gasteiger partial charge in [0.05, 0.1) is 11.2 Å². The van der Waals surface area contributed by atoms with Gasteiger partial charge in [0.2, 0.25) is 0 Å². The molecule has 3 aromatic rings. The van der Waals surface area contributed by atoms with Crippen molar-refractivity contribution in [1.29, 1.82) is 0 Å². The zero-order valence-electron chi connectivity index (χ0n) is 12.6. The Balaban J connectivity index is 1.55. The lowest BCUT2D eigenvalue weighted by atomic mass is 10.1. The van der Waals surface area contributed by atoms with Crippen LogP contribution >= 0.6 is 0 Å². The number of benzene rings is 2. The quantitative estimate of drug-likeness (QED) is 0.696. The van der Waals surface area contributed by atoms with E-state index in [1.807, 2.05) is 48.6 Å². The van der Waals surface area contributed by atoms with Crippen molar-refractivity contribution in [3.63, 3.8) is 0 Å². The second kappa shape index (κ2) is 5.93. The number of hydrogen-bond donors (Lipinski definition) is 1. The van der Waals surface area contributed by atoms with Gasteiger partial charge in [-0.3, -0.25) is 0 Å². The maximum Gasteiger partial charge on any atom is 0.0709 e. The van der Waals surface area contributed by atoms with Gasteiger partial charge < -0.3 is 5.32 Å². The SMILES string of the molecule is C1=Cc2ccccc2N/C1=C/C=C/c1ccc2ccccc2n1. The van der Waals surface area contributed by atoms with Gasteiger partial charge >= 0.3 is 0 Å². The molecule has 0 unspecified atom stereocenters. The Hall–Kier alpha value is -3.13. The molecule has 0 spiro atoms. The Kier molecular flexibility index (Phi) is 3.49. The number of fused-ring (bicyclic) bond motifs is 2. The summed E-state index contributed by atoms with van der Waals surface area (Å²) in [4.78, 5) is 4.64. The normalized spacial score (nSPS) is 15.0. The minimum Gasteiger partial charge on any atom is -0.355 e. The van der Waals surface area contributed by atoms with Crippen molar-refractivity contribution in [2.24, 2.45) is 0 Å². The van der Waals surface area contributed by atoms with E-state index in [9.17, 15) is 0 Å². The molecule has 0 atom stereocenters. The molecule has 4 rings (SSSR count). The van der Waals surface area contributed by atoms with Gasteiger partial charge in [0.1, 0.15) is 0 Å². The summed E-state index contributed by atoms with van der Waals surface area (Å²) in [5.74, 6) is 0. The number of rotatable bonds is 2. The lowest BCUT2D eigenvalue weighted by Gasteiger charge is -2.14. The number of nitrogens with zero attached hydrogens (tertiary/aromatic N) is 1. The molecule has 0 bridgehead atoms. The van der Waals surface area contributed by atoms with Gasteiger partial charge in [-0.15, -0.1) is 0 Å². The zero-order chi connectivity index (χ0) is 15.5. The fourth-order valence-corrected chi connectivity index (χ4v) is 2.66. The average Bonchev–Trinajstić information content (AvgIpc) is 2.61. The molecule has 2 heteroatoms. The summed E-state index contributed by atoms with van der Waals surface area (Å²) in [6, 6.07) is 20.6. The van der Waals surface area contributed by atoms with Crippen LogP contribution < -0.4 is 5.32 Å². The first kappa shape index (κ1) is 13.5. The van der Waals surface area contributed by atoms with Crippen LogP contribution in [0.25, 0.3) is 23.1 Å². The van der Waals surface area contributed by atoms with Crippen molar-refractivity contribution in [2.45, 2.75) is 0 Å². The molecule has 0 aliphatic carbocycles. The summed E-state index contributed by atoms with van der Waals surface area (Å²) in [5, 5.41) is 4.58. The Morgan fingerprint density at radius 1 is 0.826 bits per heavy atom. The third-order valence-corrected chi connectivity index (χ3v) is 3.84. The van der Waals surface area contributed by atoms with E-state index >= 15 is 0 Å². The second-order valence-electron chi connectivity index (χ2n) is 5.46. The van der Waals surface area contributed by atoms with Crippen molar-refractivity contribution in [3.05, 3.63) is 95.8 Å². The van der Waals surface area contributed by atoms with Crippen LogP contribution in [0.2, 0.25) is 0 Å². The van der Waals surface area contributed by atoms with Gasteiger partial charge in [-0.05, 0) is 42.0 Å². The minimum atomic E-state index is 0.959. The van der Waals surface area contributed by atoms with E-state index in [0.29, 0.717) is 0 Å². The van der Waals surface area contributed by atoms with Crippen LogP contribution in [0, 0.1) is 0 Å². The Labute approximate surface area is 135 Å². The first-order valence-electron chi connectivity index (χ1n) is 7.67. The van der Waals surface area contributed by atoms with Gasteiger partial charge in [0.25, 0.3) is 0 Å². The summed E-state index contributed by atoms with van der Waals surface area (Å²) in [6.45, 7) is 0. The predicted molar refractivity (Wildman–Crippen MR) is 98.0 cm³/mol. The molecule has 1 N–H and O–H groups in total. The molecule has 1 aliphatic heterocycles. The number of nitrogens with one attached hydrogen (secondary N) is 1. The average molecular weight is 296 g/mol. The Bertz CT molecular complexity index is 949. The topological polar surface area (TPSA) is 24.9 Å². The van der Waals surface area contributed by atoms with Crippen LogP contribution in [-0.4, -0.2) is 4.98 Å². The van der Waals surface area contributed by atoms with Crippen LogP contribution in [-0.2, 0) is 0 Å². The van der Waals surface area contributed by atoms with Gasteiger partial charge in [-0.2, -0.15) is 0 Å². The molecule has 0 saturated heterocycles. The molecule has 1 aliphatic rings. The monoisotopic (exact) mass is 296 g/mol. The number of hydrogen-bond acceptors (Lipinski definition) is 2. The molecule has 2 heterocycles. The fraction of sp³-hybridized carbons (Fsp3) is 0. The highest BCUT2D eigenvalue weighted by Crippen LogP contribution is 2.23. The molecule has 0 amide bonds. The van der Waals surface area contributed by atoms with Crippen LogP contribution in [0.1, 0.15) is 11.3 Å². The van der Waals surface area contributed by atoms with E-state index < -0.39 is 0 Å². The summed E-state index contributed by atoms with van der Waals surface area (Å²) in [5.41, 5.74) is 5.40. The number of allylic oxidation sites excluding steroid dienone is 3. The van der Waals surface area contributed by atoms with Gasteiger partial charge in [-0.25, -0.2) is 4.98 Å². The fourth-order valence-electron chi connectivity index (χ4n) is 2.66. The Morgan fingerprint density at radius 2 is 1.70 bits per heavy atom. The van der Waals surface area contributed by atoms with E-state index in [-0.39, 0.29) is 0 Å². The van der Waals surface area contributed by atoms with Gasteiger partial charge in [0.15, 0.2) is 0 Å². The third-order valence-electron chi connectivity index (χ3n) is 3.84. The summed E-state index contributed by atoms with van der Waals surface area (Å²) < 4.78 is 0. The molecule has 2 aromatic carbocycles. The van der Waals surface area contributed by atoms with Gasteiger partial charge in [0, 0.05) is 16.8 Å². The number of anilines is 1. The maximum absolute atomic E-state index is 4.64. The lowest BCUT2D eigenvalue weighted by Crippen LogP contribution is -2.02. The standard InChI is InChI=1S/C21H16N2/c1-3-10-20-16(6-1)12-14-18(22-20)8-5-9-19-15-13-17-7-2-4-11-21(17)23-19/h1-15,22H/b9-5+,18-8+. The zero-order valence-corrected chi connectivity index (χ0v) is 12.6. The predicted octanol–water partition coefficient (Wildman–Crippen LogP) is 5.27. The largest absolute Gasteiger partial charge is 0.355 e. The summed E-state index contributed by atoms with van der Waals surface area (Å²) in [7, 11) is 0. The Morgan fingerprint density at radius 3 is 2.70 bits per heavy atom. The molecule has 0 fully saturated rings. The molecule has 1 aromatic heterocycles. The number of aromatic nitrogens is 1. The highest BCUT2D eigenvalue weighted by Gasteiger charge is 2.04. The van der Waals surface area contributed by atoms with E-state index in [2.05, 4.69) is 52.8 Å². The van der Waals surface area contributed by atoms with Crippen molar-refractivity contribution in [1.82, 2.24) is 4.98 Å². The van der Waals surface area contributed by atoms with Crippen LogP contribution in [0.15, 0.2) is 84.6 Å². The first-order chi connectivity index (χ1) is 11.4. The smallest absolute Gasteiger partial charge is 0.0709 e. The number of pyridine rings is 1. The minimum absolute atomic E-state index is 0.959. The maximum atomic E-state index is 4.64. The van der Waals surface area contributed by atoms with Crippen molar-refractivity contribution < 1.29 is 0 Å². The highest BCUT2D eigenvalue weighted by molar-refractivity contribution is 5.79. The molecular formula is C21H16N2. The molecule has 110 valence electrons. The van der Waals surface area contributed by atoms with Gasteiger partial charge in [-0.1, -0.05) is 54.6 Å². The first-order valence-corrected chi connectivity index (χ1v) is 7.67. The molecule has 2 nitrogen and oxygen atoms in total. The third kappa shape index (κ3) is 2.92. The van der Waals surface area contributed by atoms with E-state index in [0.717, 1.165) is 28.0 Å². The van der Waals surface area contributed by atoms with Crippen LogP contribution in [0.4, 0.5) is 5.69 Å². The van der Waals surface area contributed by atoms with Crippen molar-refractivity contribution in [3.8, 4) is 0 Å². The van der Waals surface area contributed by atoms with Crippen LogP contribution in [0.5, 0.6) is 0 Å². The summed E-state index contributed by atoms with van der Waals surface area (Å²) in [6.07, 6.45) is 10.3. The second-order valence-corrected chi connectivity index (χ2v) is 5.46. The van der Waals surface area contributed by atoms with E-state index in [1.165, 1.54) is 5.56 Å². The molecule has 0 saturated carbocycles. The molecule has 23 heavy (non-hydrogen) atoms. The van der Waals surface area contributed by atoms with Crippen molar-refractivity contribution >= 4 is 28.7 Å². The highest BCUT2D eigenvalue weighted by atomic mass is 14.9. The number of para-hydroxylation sites is 2. The summed E-state index contributed by atoms with van der Waals surface area (Å²) >= 11 is 0. The van der Waals surface area contributed by atoms with E-state index in [4.69, 9.17) is 0 Å².